The summed E-state index contributed by atoms with van der Waals surface area (Å²) in [5.41, 5.74) is 0.930. The van der Waals surface area contributed by atoms with E-state index in [1.165, 1.54) is 19.2 Å². The predicted molar refractivity (Wildman–Crippen MR) is 87.8 cm³/mol. The molecule has 0 heterocycles. The van der Waals surface area contributed by atoms with Gasteiger partial charge in [0.1, 0.15) is 23.4 Å². The molecule has 2 atom stereocenters. The molecule has 128 valence electrons. The van der Waals surface area contributed by atoms with E-state index in [2.05, 4.69) is 5.32 Å². The van der Waals surface area contributed by atoms with E-state index in [9.17, 15) is 13.6 Å². The van der Waals surface area contributed by atoms with Gasteiger partial charge in [0.2, 0.25) is 0 Å². The average molecular weight is 335 g/mol. The molecular weight excluding hydrogens is 314 g/mol. The smallest absolute Gasteiger partial charge is 0.282 e. The summed E-state index contributed by atoms with van der Waals surface area (Å²) in [5, 5.41) is 4.52. The van der Waals surface area contributed by atoms with Crippen molar-refractivity contribution >= 4 is 11.6 Å². The van der Waals surface area contributed by atoms with Crippen molar-refractivity contribution in [1.82, 2.24) is 0 Å². The molecule has 3 N–H and O–H groups in total. The van der Waals surface area contributed by atoms with E-state index < -0.39 is 17.7 Å². The third-order valence-electron chi connectivity index (χ3n) is 3.81. The predicted octanol–water partition coefficient (Wildman–Crippen LogP) is 2.63. The summed E-state index contributed by atoms with van der Waals surface area (Å²) in [7, 11) is 1.53. The number of nitrogens with two attached hydrogens (primary N) is 1. The monoisotopic (exact) mass is 335 g/mol. The zero-order valence-electron chi connectivity index (χ0n) is 13.8. The Kier molecular flexibility index (Phi) is 5.87. The largest absolute Gasteiger partial charge is 0.495 e. The maximum Gasteiger partial charge on any atom is 0.282 e. The molecule has 0 saturated heterocycles. The minimum absolute atomic E-state index is 0.228. The van der Waals surface area contributed by atoms with Crippen LogP contribution in [0.2, 0.25) is 0 Å². The van der Waals surface area contributed by atoms with Crippen LogP contribution in [-0.2, 0) is 4.79 Å². The number of hydrogen-bond acceptors (Lipinski definition) is 2. The van der Waals surface area contributed by atoms with Crippen molar-refractivity contribution in [3.8, 4) is 5.75 Å². The standard InChI is InChI=1S/C18H20F2N2O2/c1-11(14-9-8-13(19)10-15(14)20)21-12(2)18(23)22-16-6-4-5-7-17(16)24-3/h4-12,21H,1-3H3,(H,22,23)/p+1/t11-,12+/m1/s1. The molecule has 2 aromatic rings. The molecule has 0 radical (unpaired) electrons. The lowest BCUT2D eigenvalue weighted by Crippen LogP contribution is -2.91. The molecule has 0 bridgehead atoms. The van der Waals surface area contributed by atoms with E-state index in [-0.39, 0.29) is 11.9 Å². The van der Waals surface area contributed by atoms with E-state index in [0.717, 1.165) is 6.07 Å². The van der Waals surface area contributed by atoms with Gasteiger partial charge in [0.15, 0.2) is 6.04 Å². The Labute approximate surface area is 139 Å². The number of hydrogen-bond donors (Lipinski definition) is 2. The van der Waals surface area contributed by atoms with E-state index in [1.54, 1.807) is 37.4 Å². The highest BCUT2D eigenvalue weighted by molar-refractivity contribution is 5.94. The lowest BCUT2D eigenvalue weighted by molar-refractivity contribution is -0.710. The maximum absolute atomic E-state index is 13.8. The van der Waals surface area contributed by atoms with Gasteiger partial charge in [-0.3, -0.25) is 4.79 Å². The second-order valence-corrected chi connectivity index (χ2v) is 5.63. The number of halogens is 2. The van der Waals surface area contributed by atoms with E-state index in [4.69, 9.17) is 4.74 Å². The van der Waals surface area contributed by atoms with Crippen LogP contribution in [-0.4, -0.2) is 19.1 Å². The molecule has 6 heteroatoms. The number of anilines is 1. The fraction of sp³-hybridized carbons (Fsp3) is 0.278. The quantitative estimate of drug-likeness (QED) is 0.853. The van der Waals surface area contributed by atoms with Gasteiger partial charge in [-0.1, -0.05) is 12.1 Å². The summed E-state index contributed by atoms with van der Waals surface area (Å²) in [6.45, 7) is 3.49. The molecule has 0 unspecified atom stereocenters. The summed E-state index contributed by atoms with van der Waals surface area (Å²) in [5.74, 6) is -0.897. The van der Waals surface area contributed by atoms with E-state index in [0.29, 0.717) is 17.0 Å². The Bertz CT molecular complexity index is 722. The van der Waals surface area contributed by atoms with Crippen LogP contribution >= 0.6 is 0 Å². The number of nitrogens with one attached hydrogen (secondary N) is 1. The highest BCUT2D eigenvalue weighted by Gasteiger charge is 2.23. The molecule has 0 aliphatic heterocycles. The Hall–Kier alpha value is -2.47. The van der Waals surface area contributed by atoms with Gasteiger partial charge in [0.25, 0.3) is 5.91 Å². The number of para-hydroxylation sites is 2. The van der Waals surface area contributed by atoms with Crippen molar-refractivity contribution in [2.75, 3.05) is 12.4 Å². The Morgan fingerprint density at radius 1 is 1.17 bits per heavy atom. The first-order valence-corrected chi connectivity index (χ1v) is 7.66. The van der Waals surface area contributed by atoms with Gasteiger partial charge in [-0.15, -0.1) is 0 Å². The highest BCUT2D eigenvalue weighted by Crippen LogP contribution is 2.23. The van der Waals surface area contributed by atoms with Crippen LogP contribution in [0.1, 0.15) is 25.5 Å². The Balaban J connectivity index is 2.03. The number of benzene rings is 2. The van der Waals surface area contributed by atoms with Crippen molar-refractivity contribution < 1.29 is 23.6 Å². The molecule has 0 saturated carbocycles. The van der Waals surface area contributed by atoms with Gasteiger partial charge in [0.05, 0.1) is 12.8 Å². The molecule has 4 nitrogen and oxygen atoms in total. The van der Waals surface area contributed by atoms with Gasteiger partial charge >= 0.3 is 0 Å². The fourth-order valence-corrected chi connectivity index (χ4v) is 2.49. The van der Waals surface area contributed by atoms with E-state index in [1.807, 2.05) is 6.07 Å². The van der Waals surface area contributed by atoms with Crippen molar-refractivity contribution in [2.24, 2.45) is 0 Å². The molecule has 0 aromatic heterocycles. The minimum atomic E-state index is -0.620. The van der Waals surface area contributed by atoms with Crippen LogP contribution < -0.4 is 15.4 Å². The van der Waals surface area contributed by atoms with Crippen molar-refractivity contribution in [2.45, 2.75) is 25.9 Å². The van der Waals surface area contributed by atoms with Gasteiger partial charge in [0, 0.05) is 11.6 Å². The van der Waals surface area contributed by atoms with Gasteiger partial charge in [-0.05, 0) is 38.1 Å². The second-order valence-electron chi connectivity index (χ2n) is 5.63. The lowest BCUT2D eigenvalue weighted by atomic mass is 10.1. The molecule has 0 spiro atoms. The first kappa shape index (κ1) is 17.9. The first-order valence-electron chi connectivity index (χ1n) is 7.66. The summed E-state index contributed by atoms with van der Waals surface area (Å²) >= 11 is 0. The van der Waals surface area contributed by atoms with Gasteiger partial charge < -0.3 is 15.4 Å². The van der Waals surface area contributed by atoms with Crippen LogP contribution in [0.5, 0.6) is 5.75 Å². The van der Waals surface area contributed by atoms with Gasteiger partial charge in [-0.2, -0.15) is 0 Å². The first-order chi connectivity index (χ1) is 11.4. The summed E-state index contributed by atoms with van der Waals surface area (Å²) in [4.78, 5) is 12.3. The SMILES string of the molecule is COc1ccccc1NC(=O)[C@H](C)[NH2+][C@H](C)c1ccc(F)cc1F. The molecular formula is C18H21F2N2O2+. The summed E-state index contributed by atoms with van der Waals surface area (Å²) in [6, 6.07) is 9.76. The molecule has 0 aliphatic rings. The normalized spacial score (nSPS) is 13.2. The number of methoxy groups -OCH3 is 1. The molecule has 1 amide bonds. The zero-order chi connectivity index (χ0) is 17.7. The van der Waals surface area contributed by atoms with Gasteiger partial charge in [-0.25, -0.2) is 8.78 Å². The minimum Gasteiger partial charge on any atom is -0.495 e. The Morgan fingerprint density at radius 2 is 1.88 bits per heavy atom. The van der Waals surface area contributed by atoms with Crippen LogP contribution in [0.15, 0.2) is 42.5 Å². The van der Waals surface area contributed by atoms with E-state index >= 15 is 0 Å². The topological polar surface area (TPSA) is 54.9 Å². The number of quaternary nitrogens is 1. The zero-order valence-corrected chi connectivity index (χ0v) is 13.8. The summed E-state index contributed by atoms with van der Waals surface area (Å²) < 4.78 is 32.0. The van der Waals surface area contributed by atoms with Crippen molar-refractivity contribution in [3.63, 3.8) is 0 Å². The number of rotatable bonds is 6. The van der Waals surface area contributed by atoms with Crippen molar-refractivity contribution in [1.29, 1.82) is 0 Å². The Morgan fingerprint density at radius 3 is 2.54 bits per heavy atom. The molecule has 0 aliphatic carbocycles. The number of carbonyl (C=O) groups is 1. The number of carbonyl (C=O) groups excluding carboxylic acids is 1. The molecule has 24 heavy (non-hydrogen) atoms. The summed E-state index contributed by atoms with van der Waals surface area (Å²) in [6.07, 6.45) is 0. The highest BCUT2D eigenvalue weighted by atomic mass is 19.1. The fourth-order valence-electron chi connectivity index (χ4n) is 2.49. The second kappa shape index (κ2) is 7.88. The lowest BCUT2D eigenvalue weighted by Gasteiger charge is -2.18. The van der Waals surface area contributed by atoms with Crippen LogP contribution in [0.4, 0.5) is 14.5 Å². The van der Waals surface area contributed by atoms with Crippen LogP contribution in [0.3, 0.4) is 0 Å². The third-order valence-corrected chi connectivity index (χ3v) is 3.81. The molecule has 2 rings (SSSR count). The number of amides is 1. The maximum atomic E-state index is 13.8. The third kappa shape index (κ3) is 4.29. The number of ether oxygens (including phenoxy) is 1. The van der Waals surface area contributed by atoms with Crippen LogP contribution in [0.25, 0.3) is 0 Å². The van der Waals surface area contributed by atoms with Crippen LogP contribution in [0, 0.1) is 11.6 Å². The molecule has 2 aromatic carbocycles. The van der Waals surface area contributed by atoms with Crippen molar-refractivity contribution in [3.05, 3.63) is 59.7 Å². The average Bonchev–Trinajstić information content (AvgIpc) is 2.55. The molecule has 0 fully saturated rings.